The molecular formula is C14H22N2O3S. The van der Waals surface area contributed by atoms with Crippen LogP contribution >= 0.6 is 0 Å². The van der Waals surface area contributed by atoms with Crippen LogP contribution in [0.5, 0.6) is 0 Å². The van der Waals surface area contributed by atoms with Gasteiger partial charge in [0.15, 0.2) is 0 Å². The summed E-state index contributed by atoms with van der Waals surface area (Å²) in [6, 6.07) is 5.20. The predicted molar refractivity (Wildman–Crippen MR) is 77.8 cm³/mol. The lowest BCUT2D eigenvalue weighted by Gasteiger charge is -2.22. The Balaban J connectivity index is 2.05. The van der Waals surface area contributed by atoms with Crippen molar-refractivity contribution in [3.63, 3.8) is 0 Å². The fourth-order valence-electron chi connectivity index (χ4n) is 2.41. The molecule has 112 valence electrons. The van der Waals surface area contributed by atoms with Crippen molar-refractivity contribution in [1.82, 2.24) is 4.72 Å². The summed E-state index contributed by atoms with van der Waals surface area (Å²) in [6.45, 7) is 4.04. The molecule has 1 fully saturated rings. The molecule has 6 heteroatoms. The van der Waals surface area contributed by atoms with Crippen molar-refractivity contribution in [2.24, 2.45) is 11.7 Å². The zero-order chi connectivity index (χ0) is 14.6. The minimum Gasteiger partial charge on any atom is -0.381 e. The SMILES string of the molecule is Cc1cc(CN)ccc1S(=O)(=O)NCC1CCCOC1. The Hall–Kier alpha value is -0.950. The van der Waals surface area contributed by atoms with Crippen LogP contribution in [0.2, 0.25) is 0 Å². The molecule has 1 unspecified atom stereocenters. The quantitative estimate of drug-likeness (QED) is 0.854. The van der Waals surface area contributed by atoms with Gasteiger partial charge in [-0.15, -0.1) is 0 Å². The summed E-state index contributed by atoms with van der Waals surface area (Å²) in [5, 5.41) is 0. The molecule has 1 heterocycles. The van der Waals surface area contributed by atoms with Crippen LogP contribution in [0.4, 0.5) is 0 Å². The summed E-state index contributed by atoms with van der Waals surface area (Å²) < 4.78 is 32.7. The van der Waals surface area contributed by atoms with E-state index in [1.54, 1.807) is 19.1 Å². The van der Waals surface area contributed by atoms with Crippen LogP contribution in [0.15, 0.2) is 23.1 Å². The van der Waals surface area contributed by atoms with Crippen LogP contribution in [0, 0.1) is 12.8 Å². The van der Waals surface area contributed by atoms with E-state index in [-0.39, 0.29) is 5.92 Å². The Morgan fingerprint density at radius 1 is 1.45 bits per heavy atom. The van der Waals surface area contributed by atoms with E-state index in [1.807, 2.05) is 6.07 Å². The van der Waals surface area contributed by atoms with Crippen LogP contribution in [0.25, 0.3) is 0 Å². The monoisotopic (exact) mass is 298 g/mol. The molecule has 0 amide bonds. The fourth-order valence-corrected chi connectivity index (χ4v) is 3.75. The van der Waals surface area contributed by atoms with Crippen LogP contribution in [-0.2, 0) is 21.3 Å². The van der Waals surface area contributed by atoms with Gasteiger partial charge in [0.2, 0.25) is 10.0 Å². The van der Waals surface area contributed by atoms with E-state index >= 15 is 0 Å². The third kappa shape index (κ3) is 3.79. The summed E-state index contributed by atoms with van der Waals surface area (Å²) in [5.74, 6) is 0.266. The van der Waals surface area contributed by atoms with E-state index in [1.165, 1.54) is 0 Å². The first-order valence-electron chi connectivity index (χ1n) is 6.90. The largest absolute Gasteiger partial charge is 0.381 e. The number of nitrogens with one attached hydrogen (secondary N) is 1. The third-order valence-corrected chi connectivity index (χ3v) is 5.16. The summed E-state index contributed by atoms with van der Waals surface area (Å²) in [5.41, 5.74) is 7.21. The van der Waals surface area contributed by atoms with Gasteiger partial charge in [0, 0.05) is 19.7 Å². The molecule has 0 aliphatic carbocycles. The number of hydrogen-bond acceptors (Lipinski definition) is 4. The highest BCUT2D eigenvalue weighted by molar-refractivity contribution is 7.89. The number of benzene rings is 1. The topological polar surface area (TPSA) is 81.4 Å². The van der Waals surface area contributed by atoms with Gasteiger partial charge in [0.05, 0.1) is 11.5 Å². The van der Waals surface area contributed by atoms with Crippen molar-refractivity contribution in [1.29, 1.82) is 0 Å². The smallest absolute Gasteiger partial charge is 0.240 e. The summed E-state index contributed by atoms with van der Waals surface area (Å²) in [4.78, 5) is 0.325. The molecule has 0 spiro atoms. The molecule has 1 aromatic rings. The van der Waals surface area contributed by atoms with E-state index in [2.05, 4.69) is 4.72 Å². The minimum absolute atomic E-state index is 0.266. The lowest BCUT2D eigenvalue weighted by atomic mass is 10.0. The zero-order valence-electron chi connectivity index (χ0n) is 11.8. The second-order valence-corrected chi connectivity index (χ2v) is 6.97. The highest BCUT2D eigenvalue weighted by Gasteiger charge is 2.20. The first kappa shape index (κ1) is 15.4. The molecule has 0 radical (unpaired) electrons. The molecule has 1 aliphatic rings. The second-order valence-electron chi connectivity index (χ2n) is 5.24. The summed E-state index contributed by atoms with van der Waals surface area (Å²) >= 11 is 0. The molecule has 1 saturated heterocycles. The molecule has 0 bridgehead atoms. The van der Waals surface area contributed by atoms with Crippen molar-refractivity contribution >= 4 is 10.0 Å². The zero-order valence-corrected chi connectivity index (χ0v) is 12.6. The first-order valence-corrected chi connectivity index (χ1v) is 8.38. The van der Waals surface area contributed by atoms with Gasteiger partial charge < -0.3 is 10.5 Å². The summed E-state index contributed by atoms with van der Waals surface area (Å²) in [6.07, 6.45) is 2.00. The van der Waals surface area contributed by atoms with Crippen LogP contribution in [-0.4, -0.2) is 28.2 Å². The molecule has 1 aromatic carbocycles. The van der Waals surface area contributed by atoms with Crippen LogP contribution in [0.3, 0.4) is 0 Å². The fraction of sp³-hybridized carbons (Fsp3) is 0.571. The van der Waals surface area contributed by atoms with Crippen molar-refractivity contribution in [3.8, 4) is 0 Å². The molecule has 1 aliphatic heterocycles. The molecule has 5 nitrogen and oxygen atoms in total. The van der Waals surface area contributed by atoms with Gasteiger partial charge >= 0.3 is 0 Å². The van der Waals surface area contributed by atoms with E-state index < -0.39 is 10.0 Å². The number of sulfonamides is 1. The highest BCUT2D eigenvalue weighted by Crippen LogP contribution is 2.18. The Bertz CT molecular complexity index is 552. The first-order chi connectivity index (χ1) is 9.53. The number of ether oxygens (including phenoxy) is 1. The maximum absolute atomic E-state index is 12.3. The molecular weight excluding hydrogens is 276 g/mol. The van der Waals surface area contributed by atoms with Crippen molar-refractivity contribution in [2.75, 3.05) is 19.8 Å². The minimum atomic E-state index is -3.46. The average Bonchev–Trinajstić information content (AvgIpc) is 2.46. The summed E-state index contributed by atoms with van der Waals surface area (Å²) in [7, 11) is -3.46. The van der Waals surface area contributed by atoms with Gasteiger partial charge in [-0.2, -0.15) is 0 Å². The number of rotatable bonds is 5. The van der Waals surface area contributed by atoms with Crippen molar-refractivity contribution in [3.05, 3.63) is 29.3 Å². The Kier molecular flexibility index (Phi) is 5.15. The Labute approximate surface area is 120 Å². The predicted octanol–water partition coefficient (Wildman–Crippen LogP) is 1.16. The van der Waals surface area contributed by atoms with E-state index in [0.29, 0.717) is 24.6 Å². The molecule has 0 saturated carbocycles. The molecule has 3 N–H and O–H groups in total. The van der Waals surface area contributed by atoms with Crippen molar-refractivity contribution in [2.45, 2.75) is 31.2 Å². The number of hydrogen-bond donors (Lipinski definition) is 2. The lowest BCUT2D eigenvalue weighted by molar-refractivity contribution is 0.0568. The average molecular weight is 298 g/mol. The number of aryl methyl sites for hydroxylation is 1. The Morgan fingerprint density at radius 2 is 2.25 bits per heavy atom. The van der Waals surface area contributed by atoms with E-state index in [4.69, 9.17) is 10.5 Å². The van der Waals surface area contributed by atoms with Gasteiger partial charge in [-0.1, -0.05) is 12.1 Å². The van der Waals surface area contributed by atoms with Crippen LogP contribution in [0.1, 0.15) is 24.0 Å². The Morgan fingerprint density at radius 3 is 2.85 bits per heavy atom. The second kappa shape index (κ2) is 6.67. The number of nitrogens with two attached hydrogens (primary N) is 1. The molecule has 0 aromatic heterocycles. The van der Waals surface area contributed by atoms with Gasteiger partial charge in [-0.3, -0.25) is 0 Å². The van der Waals surface area contributed by atoms with Crippen molar-refractivity contribution < 1.29 is 13.2 Å². The van der Waals surface area contributed by atoms with Crippen LogP contribution < -0.4 is 10.5 Å². The highest BCUT2D eigenvalue weighted by atomic mass is 32.2. The van der Waals surface area contributed by atoms with Gasteiger partial charge in [0.25, 0.3) is 0 Å². The molecule has 2 rings (SSSR count). The van der Waals surface area contributed by atoms with Gasteiger partial charge in [-0.25, -0.2) is 13.1 Å². The lowest BCUT2D eigenvalue weighted by Crippen LogP contribution is -2.33. The third-order valence-electron chi connectivity index (χ3n) is 3.58. The standard InChI is InChI=1S/C14H22N2O3S/c1-11-7-12(8-15)4-5-14(11)20(17,18)16-9-13-3-2-6-19-10-13/h4-5,7,13,16H,2-3,6,8-10,15H2,1H3. The van der Waals surface area contributed by atoms with Gasteiger partial charge in [-0.05, 0) is 42.9 Å². The van der Waals surface area contributed by atoms with E-state index in [0.717, 1.165) is 30.6 Å². The maximum Gasteiger partial charge on any atom is 0.240 e. The van der Waals surface area contributed by atoms with E-state index in [9.17, 15) is 8.42 Å². The normalized spacial score (nSPS) is 20.0. The molecule has 20 heavy (non-hydrogen) atoms. The molecule has 1 atom stereocenters. The van der Waals surface area contributed by atoms with Gasteiger partial charge in [0.1, 0.15) is 0 Å². The maximum atomic E-state index is 12.3.